The van der Waals surface area contributed by atoms with Gasteiger partial charge in [0.05, 0.1) is 6.61 Å². The maximum absolute atomic E-state index is 12.1. The van der Waals surface area contributed by atoms with Crippen molar-refractivity contribution >= 4 is 18.0 Å². The molecule has 0 radical (unpaired) electrons. The van der Waals surface area contributed by atoms with Crippen LogP contribution < -0.4 is 5.32 Å². The van der Waals surface area contributed by atoms with Crippen molar-refractivity contribution in [3.63, 3.8) is 0 Å². The number of carbonyl (C=O) groups excluding carboxylic acids is 3. The van der Waals surface area contributed by atoms with E-state index in [2.05, 4.69) is 11.9 Å². The van der Waals surface area contributed by atoms with Gasteiger partial charge in [-0.15, -0.1) is 0 Å². The average Bonchev–Trinajstić information content (AvgIpc) is 2.33. The van der Waals surface area contributed by atoms with E-state index >= 15 is 0 Å². The topological polar surface area (TPSA) is 90.9 Å². The zero-order chi connectivity index (χ0) is 17.6. The van der Waals surface area contributed by atoms with Gasteiger partial charge in [0.15, 0.2) is 11.6 Å². The van der Waals surface area contributed by atoms with Crippen molar-refractivity contribution in [2.45, 2.75) is 58.8 Å². The lowest BCUT2D eigenvalue weighted by Gasteiger charge is -2.33. The average molecular weight is 315 g/mol. The van der Waals surface area contributed by atoms with Crippen molar-refractivity contribution in [1.82, 2.24) is 5.32 Å². The Morgan fingerprint density at radius 3 is 2.09 bits per heavy atom. The summed E-state index contributed by atoms with van der Waals surface area (Å²) in [5.41, 5.74) is -2.20. The molecule has 0 bridgehead atoms. The zero-order valence-electron chi connectivity index (χ0n) is 14.0. The molecule has 1 amide bonds. The summed E-state index contributed by atoms with van der Waals surface area (Å²) < 4.78 is 15.1. The molecule has 0 aromatic rings. The number of rotatable bonds is 6. The molecular formula is C15H25NO6. The third-order valence-corrected chi connectivity index (χ3v) is 2.53. The maximum Gasteiger partial charge on any atom is 0.408 e. The van der Waals surface area contributed by atoms with Crippen LogP contribution in [0.4, 0.5) is 4.79 Å². The Kier molecular flexibility index (Phi) is 7.09. The highest BCUT2D eigenvalue weighted by Gasteiger charge is 2.43. The van der Waals surface area contributed by atoms with Gasteiger partial charge in [-0.1, -0.05) is 6.58 Å². The smallest absolute Gasteiger partial charge is 0.408 e. The first-order chi connectivity index (χ1) is 9.95. The van der Waals surface area contributed by atoms with Crippen molar-refractivity contribution in [3.8, 4) is 0 Å². The van der Waals surface area contributed by atoms with E-state index in [4.69, 9.17) is 14.2 Å². The molecule has 0 aliphatic heterocycles. The molecule has 0 spiro atoms. The summed E-state index contributed by atoms with van der Waals surface area (Å²) in [6, 6.07) is -1.27. The fourth-order valence-corrected chi connectivity index (χ4v) is 1.62. The Morgan fingerprint density at radius 2 is 1.73 bits per heavy atom. The van der Waals surface area contributed by atoms with E-state index < -0.39 is 35.3 Å². The predicted octanol–water partition coefficient (Wildman–Crippen LogP) is 1.95. The van der Waals surface area contributed by atoms with Crippen LogP contribution in [-0.2, 0) is 23.8 Å². The molecular weight excluding hydrogens is 290 g/mol. The third kappa shape index (κ3) is 6.60. The van der Waals surface area contributed by atoms with Crippen molar-refractivity contribution in [2.75, 3.05) is 6.61 Å². The largest absolute Gasteiger partial charge is 0.464 e. The Bertz CT molecular complexity index is 440. The van der Waals surface area contributed by atoms with Gasteiger partial charge < -0.3 is 19.5 Å². The monoisotopic (exact) mass is 315 g/mol. The zero-order valence-corrected chi connectivity index (χ0v) is 14.0. The maximum atomic E-state index is 12.1. The summed E-state index contributed by atoms with van der Waals surface area (Å²) in [7, 11) is 0. The van der Waals surface area contributed by atoms with Crippen LogP contribution in [0.25, 0.3) is 0 Å². The lowest BCUT2D eigenvalue weighted by Crippen LogP contribution is -2.57. The van der Waals surface area contributed by atoms with E-state index in [1.165, 1.54) is 19.9 Å². The standard InChI is InChI=1S/C15H25NO6/c1-8-15(7,21-10(3)17)11(12(18)20-9-2)16-13(19)22-14(4,5)6/h8,11H,1,9H2,2-7H3,(H,16,19). The van der Waals surface area contributed by atoms with Crippen LogP contribution in [0.2, 0.25) is 0 Å². The molecule has 7 nitrogen and oxygen atoms in total. The summed E-state index contributed by atoms with van der Waals surface area (Å²) in [5.74, 6) is -1.38. The molecule has 0 saturated carbocycles. The summed E-state index contributed by atoms with van der Waals surface area (Å²) >= 11 is 0. The highest BCUT2D eigenvalue weighted by atomic mass is 16.6. The molecule has 0 saturated heterocycles. The molecule has 0 aliphatic rings. The lowest BCUT2D eigenvalue weighted by molar-refractivity contribution is -0.162. The van der Waals surface area contributed by atoms with Gasteiger partial charge in [-0.3, -0.25) is 4.79 Å². The van der Waals surface area contributed by atoms with Crippen LogP contribution in [0.5, 0.6) is 0 Å². The Morgan fingerprint density at radius 1 is 1.18 bits per heavy atom. The van der Waals surface area contributed by atoms with Gasteiger partial charge in [-0.25, -0.2) is 9.59 Å². The quantitative estimate of drug-likeness (QED) is 0.458. The molecule has 7 heteroatoms. The number of amides is 1. The Labute approximate surface area is 131 Å². The van der Waals surface area contributed by atoms with Gasteiger partial charge in [0.1, 0.15) is 5.60 Å². The molecule has 0 fully saturated rings. The number of hydrogen-bond donors (Lipinski definition) is 1. The number of carbonyl (C=O) groups is 3. The predicted molar refractivity (Wildman–Crippen MR) is 80.2 cm³/mol. The minimum Gasteiger partial charge on any atom is -0.464 e. The van der Waals surface area contributed by atoms with Gasteiger partial charge in [-0.2, -0.15) is 0 Å². The van der Waals surface area contributed by atoms with Crippen molar-refractivity contribution in [1.29, 1.82) is 0 Å². The van der Waals surface area contributed by atoms with Crippen LogP contribution in [0.1, 0.15) is 41.5 Å². The Balaban J connectivity index is 5.35. The summed E-state index contributed by atoms with van der Waals surface area (Å²) in [4.78, 5) is 35.3. The van der Waals surface area contributed by atoms with Crippen LogP contribution in [0.15, 0.2) is 12.7 Å². The highest BCUT2D eigenvalue weighted by molar-refractivity contribution is 5.84. The number of alkyl carbamates (subject to hydrolysis) is 1. The number of nitrogens with one attached hydrogen (secondary N) is 1. The SMILES string of the molecule is C=CC(C)(OC(C)=O)C(NC(=O)OC(C)(C)C)C(=O)OCC. The normalized spacial score (nSPS) is 15.0. The summed E-state index contributed by atoms with van der Waals surface area (Å²) in [6.45, 7) is 13.0. The van der Waals surface area contributed by atoms with Crippen LogP contribution in [-0.4, -0.2) is 41.9 Å². The fourth-order valence-electron chi connectivity index (χ4n) is 1.62. The summed E-state index contributed by atoms with van der Waals surface area (Å²) in [6.07, 6.45) is 0.429. The first-order valence-electron chi connectivity index (χ1n) is 6.94. The number of esters is 2. The highest BCUT2D eigenvalue weighted by Crippen LogP contribution is 2.20. The lowest BCUT2D eigenvalue weighted by atomic mass is 9.96. The number of ether oxygens (including phenoxy) is 3. The van der Waals surface area contributed by atoms with Crippen LogP contribution in [0.3, 0.4) is 0 Å². The van der Waals surface area contributed by atoms with Gasteiger partial charge >= 0.3 is 18.0 Å². The van der Waals surface area contributed by atoms with Crippen LogP contribution >= 0.6 is 0 Å². The molecule has 0 rings (SSSR count). The second kappa shape index (κ2) is 7.82. The molecule has 1 N–H and O–H groups in total. The second-order valence-electron chi connectivity index (χ2n) is 5.81. The molecule has 22 heavy (non-hydrogen) atoms. The number of hydrogen-bond acceptors (Lipinski definition) is 6. The summed E-state index contributed by atoms with van der Waals surface area (Å²) in [5, 5.41) is 2.37. The van der Waals surface area contributed by atoms with E-state index in [-0.39, 0.29) is 6.61 Å². The molecule has 2 atom stereocenters. The van der Waals surface area contributed by atoms with Gasteiger partial charge in [0, 0.05) is 6.92 Å². The molecule has 126 valence electrons. The van der Waals surface area contributed by atoms with Crippen molar-refractivity contribution in [3.05, 3.63) is 12.7 Å². The molecule has 2 unspecified atom stereocenters. The van der Waals surface area contributed by atoms with Crippen molar-refractivity contribution in [2.24, 2.45) is 0 Å². The van der Waals surface area contributed by atoms with Gasteiger partial charge in [0.25, 0.3) is 0 Å². The minimum atomic E-state index is -1.46. The molecule has 0 heterocycles. The Hall–Kier alpha value is -2.05. The van der Waals surface area contributed by atoms with E-state index in [1.54, 1.807) is 27.7 Å². The first kappa shape index (κ1) is 19.9. The van der Waals surface area contributed by atoms with E-state index in [1.807, 2.05) is 0 Å². The van der Waals surface area contributed by atoms with Crippen LogP contribution in [0, 0.1) is 0 Å². The molecule has 0 aromatic heterocycles. The molecule has 0 aliphatic carbocycles. The first-order valence-corrected chi connectivity index (χ1v) is 6.94. The van der Waals surface area contributed by atoms with E-state index in [0.29, 0.717) is 0 Å². The minimum absolute atomic E-state index is 0.110. The third-order valence-electron chi connectivity index (χ3n) is 2.53. The second-order valence-corrected chi connectivity index (χ2v) is 5.81. The van der Waals surface area contributed by atoms with E-state index in [0.717, 1.165) is 0 Å². The van der Waals surface area contributed by atoms with Gasteiger partial charge in [0.2, 0.25) is 0 Å². The fraction of sp³-hybridized carbons (Fsp3) is 0.667. The van der Waals surface area contributed by atoms with E-state index in [9.17, 15) is 14.4 Å². The van der Waals surface area contributed by atoms with Crippen molar-refractivity contribution < 1.29 is 28.6 Å². The van der Waals surface area contributed by atoms with Gasteiger partial charge in [-0.05, 0) is 40.7 Å². The molecule has 0 aromatic carbocycles.